The Kier molecular flexibility index (Phi) is 10.2. The fourth-order valence-electron chi connectivity index (χ4n) is 3.61. The van der Waals surface area contributed by atoms with E-state index < -0.39 is 0 Å². The van der Waals surface area contributed by atoms with E-state index in [2.05, 4.69) is 17.0 Å². The van der Waals surface area contributed by atoms with Crippen molar-refractivity contribution in [3.63, 3.8) is 0 Å². The molecule has 1 saturated heterocycles. The summed E-state index contributed by atoms with van der Waals surface area (Å²) >= 11 is 12.2. The Labute approximate surface area is 193 Å². The number of hydrogen-bond donors (Lipinski definition) is 1. The van der Waals surface area contributed by atoms with Crippen molar-refractivity contribution in [1.82, 2.24) is 4.90 Å². The number of rotatable bonds is 10. The number of carbonyl (C=O) groups is 1. The van der Waals surface area contributed by atoms with Crippen LogP contribution in [-0.2, 0) is 11.2 Å². The Hall–Kier alpha value is -1.50. The van der Waals surface area contributed by atoms with Crippen molar-refractivity contribution in [1.29, 1.82) is 0 Å². The second-order valence-electron chi connectivity index (χ2n) is 7.11. The number of hydrogen-bond acceptors (Lipinski definition) is 5. The van der Waals surface area contributed by atoms with Crippen molar-refractivity contribution in [3.05, 3.63) is 58.1 Å². The van der Waals surface area contributed by atoms with Crippen LogP contribution >= 0.6 is 35.6 Å². The maximum Gasteiger partial charge on any atom is 0.156 e. The van der Waals surface area contributed by atoms with Crippen LogP contribution in [-0.4, -0.2) is 49.6 Å². The zero-order chi connectivity index (χ0) is 20.6. The second-order valence-corrected chi connectivity index (χ2v) is 7.92. The van der Waals surface area contributed by atoms with E-state index in [1.54, 1.807) is 18.2 Å². The molecule has 30 heavy (non-hydrogen) atoms. The predicted molar refractivity (Wildman–Crippen MR) is 123 cm³/mol. The van der Waals surface area contributed by atoms with Gasteiger partial charge in [-0.1, -0.05) is 41.4 Å². The Bertz CT molecular complexity index is 784. The number of carbonyl (C=O) groups excluding carboxylic acids is 1. The third-order valence-electron chi connectivity index (χ3n) is 5.13. The maximum atomic E-state index is 10.7. The minimum absolute atomic E-state index is 0. The standard InChI is InChI=1S/C22H26Cl2N2O3.ClH/c23-18-3-1-4-19(24)22(18)29-14-13-28-17-7-5-16(6-8-17)15-21-20(25)9-11-26(21)10-2-12-27;/h1,3-8,12,20-21H,2,9-11,13-15,25H2;1H. The highest BCUT2D eigenvalue weighted by atomic mass is 35.5. The zero-order valence-corrected chi connectivity index (χ0v) is 19.0. The van der Waals surface area contributed by atoms with Gasteiger partial charge in [0.05, 0.1) is 10.0 Å². The Balaban J connectivity index is 0.00000320. The van der Waals surface area contributed by atoms with Gasteiger partial charge in [0, 0.05) is 31.6 Å². The number of ether oxygens (including phenoxy) is 2. The lowest BCUT2D eigenvalue weighted by Gasteiger charge is -2.26. The summed E-state index contributed by atoms with van der Waals surface area (Å²) in [5.74, 6) is 1.25. The van der Waals surface area contributed by atoms with Crippen LogP contribution in [0.15, 0.2) is 42.5 Å². The normalized spacial score (nSPS) is 18.6. The van der Waals surface area contributed by atoms with Crippen LogP contribution in [0.4, 0.5) is 0 Å². The molecule has 8 heteroatoms. The molecule has 0 radical (unpaired) electrons. The van der Waals surface area contributed by atoms with Gasteiger partial charge in [-0.25, -0.2) is 0 Å². The topological polar surface area (TPSA) is 64.8 Å². The van der Waals surface area contributed by atoms with Gasteiger partial charge in [0.25, 0.3) is 0 Å². The molecule has 3 rings (SSSR count). The molecule has 0 spiro atoms. The molecule has 2 aromatic rings. The molecule has 1 aliphatic rings. The van der Waals surface area contributed by atoms with E-state index in [1.807, 2.05) is 12.1 Å². The third kappa shape index (κ3) is 6.76. The van der Waals surface area contributed by atoms with Gasteiger partial charge in [-0.3, -0.25) is 4.90 Å². The van der Waals surface area contributed by atoms with Gasteiger partial charge in [0.15, 0.2) is 5.75 Å². The number of aldehydes is 1. The Morgan fingerprint density at radius 2 is 1.73 bits per heavy atom. The first kappa shape index (κ1) is 24.8. The van der Waals surface area contributed by atoms with Crippen LogP contribution in [0, 0.1) is 0 Å². The van der Waals surface area contributed by atoms with Crippen molar-refractivity contribution in [2.24, 2.45) is 5.73 Å². The van der Waals surface area contributed by atoms with Crippen LogP contribution in [0.3, 0.4) is 0 Å². The van der Waals surface area contributed by atoms with E-state index in [-0.39, 0.29) is 24.5 Å². The molecule has 2 N–H and O–H groups in total. The fraction of sp³-hybridized carbons (Fsp3) is 0.409. The van der Waals surface area contributed by atoms with E-state index in [9.17, 15) is 4.79 Å². The summed E-state index contributed by atoms with van der Waals surface area (Å²) in [4.78, 5) is 13.0. The van der Waals surface area contributed by atoms with Crippen molar-refractivity contribution < 1.29 is 14.3 Å². The smallest absolute Gasteiger partial charge is 0.156 e. The first-order chi connectivity index (χ1) is 14.1. The highest BCUT2D eigenvalue weighted by molar-refractivity contribution is 6.37. The largest absolute Gasteiger partial charge is 0.490 e. The zero-order valence-electron chi connectivity index (χ0n) is 16.6. The summed E-state index contributed by atoms with van der Waals surface area (Å²) in [7, 11) is 0. The average Bonchev–Trinajstić information content (AvgIpc) is 3.06. The molecule has 0 aromatic heterocycles. The highest BCUT2D eigenvalue weighted by Gasteiger charge is 2.31. The minimum atomic E-state index is 0. The molecular formula is C22H27Cl3N2O3. The monoisotopic (exact) mass is 472 g/mol. The molecule has 2 atom stereocenters. The number of para-hydroxylation sites is 1. The lowest BCUT2D eigenvalue weighted by Crippen LogP contribution is -2.41. The number of halogens is 3. The molecule has 0 bridgehead atoms. The van der Waals surface area contributed by atoms with Crippen LogP contribution < -0.4 is 15.2 Å². The van der Waals surface area contributed by atoms with Gasteiger partial charge in [-0.15, -0.1) is 12.4 Å². The van der Waals surface area contributed by atoms with Crippen molar-refractivity contribution in [2.75, 3.05) is 26.3 Å². The SMILES string of the molecule is Cl.NC1CCN(CCC=O)C1Cc1ccc(OCCOc2c(Cl)cccc2Cl)cc1. The molecule has 1 heterocycles. The van der Waals surface area contributed by atoms with E-state index in [4.69, 9.17) is 38.4 Å². The van der Waals surface area contributed by atoms with E-state index in [0.717, 1.165) is 38.0 Å². The van der Waals surface area contributed by atoms with Crippen molar-refractivity contribution in [3.8, 4) is 11.5 Å². The summed E-state index contributed by atoms with van der Waals surface area (Å²) in [6.45, 7) is 2.45. The first-order valence-electron chi connectivity index (χ1n) is 9.80. The average molecular weight is 474 g/mol. The van der Waals surface area contributed by atoms with Gasteiger partial charge in [0.2, 0.25) is 0 Å². The van der Waals surface area contributed by atoms with Gasteiger partial charge in [0.1, 0.15) is 25.2 Å². The van der Waals surface area contributed by atoms with Crippen LogP contribution in [0.5, 0.6) is 11.5 Å². The van der Waals surface area contributed by atoms with Crippen molar-refractivity contribution in [2.45, 2.75) is 31.3 Å². The lowest BCUT2D eigenvalue weighted by molar-refractivity contribution is -0.108. The minimum Gasteiger partial charge on any atom is -0.490 e. The summed E-state index contributed by atoms with van der Waals surface area (Å²) in [6.07, 6.45) is 3.36. The summed E-state index contributed by atoms with van der Waals surface area (Å²) in [6, 6.07) is 13.7. The number of likely N-dealkylation sites (tertiary alicyclic amines) is 1. The maximum absolute atomic E-state index is 10.7. The summed E-state index contributed by atoms with van der Waals surface area (Å²) in [5.41, 5.74) is 7.49. The second kappa shape index (κ2) is 12.4. The quantitative estimate of drug-likeness (QED) is 0.409. The van der Waals surface area contributed by atoms with Crippen LogP contribution in [0.25, 0.3) is 0 Å². The van der Waals surface area contributed by atoms with E-state index in [1.165, 1.54) is 5.56 Å². The molecule has 2 aromatic carbocycles. The Morgan fingerprint density at radius 3 is 2.40 bits per heavy atom. The molecule has 0 aliphatic carbocycles. The highest BCUT2D eigenvalue weighted by Crippen LogP contribution is 2.32. The molecular weight excluding hydrogens is 447 g/mol. The molecule has 1 aliphatic heterocycles. The Morgan fingerprint density at radius 1 is 1.07 bits per heavy atom. The van der Waals surface area contributed by atoms with Gasteiger partial charge in [-0.05, 0) is 42.7 Å². The first-order valence-corrected chi connectivity index (χ1v) is 10.6. The van der Waals surface area contributed by atoms with Crippen molar-refractivity contribution >= 4 is 41.9 Å². The van der Waals surface area contributed by atoms with Gasteiger partial charge < -0.3 is 20.0 Å². The number of nitrogens with zero attached hydrogens (tertiary/aromatic N) is 1. The van der Waals surface area contributed by atoms with Gasteiger partial charge >= 0.3 is 0 Å². The summed E-state index contributed by atoms with van der Waals surface area (Å²) in [5, 5.41) is 0.961. The number of nitrogens with two attached hydrogens (primary N) is 1. The van der Waals surface area contributed by atoms with Crippen LogP contribution in [0.2, 0.25) is 10.0 Å². The third-order valence-corrected chi connectivity index (χ3v) is 5.73. The molecule has 1 fully saturated rings. The molecule has 0 saturated carbocycles. The van der Waals surface area contributed by atoms with E-state index >= 15 is 0 Å². The number of benzene rings is 2. The molecule has 164 valence electrons. The van der Waals surface area contributed by atoms with Gasteiger partial charge in [-0.2, -0.15) is 0 Å². The van der Waals surface area contributed by atoms with E-state index in [0.29, 0.717) is 35.4 Å². The lowest BCUT2D eigenvalue weighted by atomic mass is 10.0. The predicted octanol–water partition coefficient (Wildman–Crippen LogP) is 4.41. The van der Waals surface area contributed by atoms with Crippen LogP contribution in [0.1, 0.15) is 18.4 Å². The summed E-state index contributed by atoms with van der Waals surface area (Å²) < 4.78 is 11.4. The molecule has 2 unspecified atom stereocenters. The molecule has 5 nitrogen and oxygen atoms in total. The molecule has 0 amide bonds. The fourth-order valence-corrected chi connectivity index (χ4v) is 4.11.